The minimum absolute atomic E-state index is 0.163. The summed E-state index contributed by atoms with van der Waals surface area (Å²) in [7, 11) is 1.91. The average Bonchev–Trinajstić information content (AvgIpc) is 2.10. The molecule has 78 valence electrons. The van der Waals surface area contributed by atoms with Crippen molar-refractivity contribution >= 4 is 5.91 Å². The summed E-state index contributed by atoms with van der Waals surface area (Å²) in [5.74, 6) is 4.76. The van der Waals surface area contributed by atoms with Gasteiger partial charge in [0.25, 0.3) is 0 Å². The lowest BCUT2D eigenvalue weighted by molar-refractivity contribution is -0.121. The molecular formula is C8H19N3O2. The molecule has 0 spiro atoms. The van der Waals surface area contributed by atoms with Gasteiger partial charge in [-0.3, -0.25) is 10.2 Å². The maximum atomic E-state index is 10.7. The molecule has 0 saturated heterocycles. The van der Waals surface area contributed by atoms with Gasteiger partial charge in [0.05, 0.1) is 6.10 Å². The van der Waals surface area contributed by atoms with Gasteiger partial charge in [0.1, 0.15) is 0 Å². The molecule has 13 heavy (non-hydrogen) atoms. The molecule has 0 aliphatic heterocycles. The Morgan fingerprint density at radius 1 is 1.62 bits per heavy atom. The number of hydrazine groups is 1. The summed E-state index contributed by atoms with van der Waals surface area (Å²) in [5.41, 5.74) is 2.07. The highest BCUT2D eigenvalue weighted by molar-refractivity contribution is 5.75. The van der Waals surface area contributed by atoms with E-state index in [-0.39, 0.29) is 12.0 Å². The van der Waals surface area contributed by atoms with Crippen molar-refractivity contribution in [1.29, 1.82) is 0 Å². The number of hydrogen-bond acceptors (Lipinski definition) is 4. The van der Waals surface area contributed by atoms with Crippen molar-refractivity contribution < 1.29 is 9.90 Å². The summed E-state index contributed by atoms with van der Waals surface area (Å²) in [4.78, 5) is 12.7. The van der Waals surface area contributed by atoms with Crippen LogP contribution in [0.4, 0.5) is 0 Å². The number of aliphatic hydroxyl groups excluding tert-OH is 1. The van der Waals surface area contributed by atoms with Crippen molar-refractivity contribution in [2.24, 2.45) is 5.84 Å². The molecule has 0 radical (unpaired) electrons. The first-order valence-electron chi connectivity index (χ1n) is 4.42. The molecule has 1 atom stereocenters. The fourth-order valence-electron chi connectivity index (χ4n) is 0.884. The summed E-state index contributed by atoms with van der Waals surface area (Å²) in [6, 6.07) is 0. The summed E-state index contributed by atoms with van der Waals surface area (Å²) < 4.78 is 0. The molecule has 1 unspecified atom stereocenters. The van der Waals surface area contributed by atoms with E-state index in [0.29, 0.717) is 13.0 Å². The molecule has 4 N–H and O–H groups in total. The molecule has 5 nitrogen and oxygen atoms in total. The maximum Gasteiger partial charge on any atom is 0.235 e. The highest BCUT2D eigenvalue weighted by Gasteiger charge is 2.03. The van der Waals surface area contributed by atoms with Crippen LogP contribution in [0.25, 0.3) is 0 Å². The average molecular weight is 189 g/mol. The van der Waals surface area contributed by atoms with Crippen molar-refractivity contribution in [3.8, 4) is 0 Å². The van der Waals surface area contributed by atoms with Crippen LogP contribution in [0, 0.1) is 0 Å². The summed E-state index contributed by atoms with van der Waals surface area (Å²) in [6.07, 6.45) is 0.832. The fraction of sp³-hybridized carbons (Fsp3) is 0.875. The van der Waals surface area contributed by atoms with E-state index in [9.17, 15) is 4.79 Å². The summed E-state index contributed by atoms with van der Waals surface area (Å²) in [5, 5.41) is 9.00. The first-order valence-corrected chi connectivity index (χ1v) is 4.42. The molecule has 0 aromatic rings. The number of carbonyl (C=O) groups excluding carboxylic acids is 1. The predicted molar refractivity (Wildman–Crippen MR) is 50.7 cm³/mol. The van der Waals surface area contributed by atoms with Crippen molar-refractivity contribution in [2.75, 3.05) is 20.1 Å². The number of rotatable bonds is 6. The Bertz CT molecular complexity index is 150. The van der Waals surface area contributed by atoms with E-state index in [0.717, 1.165) is 13.0 Å². The Morgan fingerprint density at radius 2 is 2.23 bits per heavy atom. The van der Waals surface area contributed by atoms with Crippen LogP contribution in [0.2, 0.25) is 0 Å². The first-order chi connectivity index (χ1) is 6.06. The van der Waals surface area contributed by atoms with Gasteiger partial charge in [-0.15, -0.1) is 0 Å². The third kappa shape index (κ3) is 7.70. The fourth-order valence-corrected chi connectivity index (χ4v) is 0.884. The number of nitrogens with zero attached hydrogens (tertiary/aromatic N) is 1. The monoisotopic (exact) mass is 189 g/mol. The minimum atomic E-state index is -0.286. The Hall–Kier alpha value is -0.650. The van der Waals surface area contributed by atoms with Gasteiger partial charge in [0.15, 0.2) is 0 Å². The van der Waals surface area contributed by atoms with Crippen LogP contribution in [0.5, 0.6) is 0 Å². The van der Waals surface area contributed by atoms with E-state index >= 15 is 0 Å². The van der Waals surface area contributed by atoms with Crippen molar-refractivity contribution in [3.63, 3.8) is 0 Å². The number of carbonyl (C=O) groups is 1. The number of nitrogens with one attached hydrogen (secondary N) is 1. The lowest BCUT2D eigenvalue weighted by Crippen LogP contribution is -2.33. The third-order valence-corrected chi connectivity index (χ3v) is 1.81. The first kappa shape index (κ1) is 12.3. The highest BCUT2D eigenvalue weighted by Crippen LogP contribution is 1.94. The zero-order valence-electron chi connectivity index (χ0n) is 8.29. The lowest BCUT2D eigenvalue weighted by Gasteiger charge is -2.16. The second kappa shape index (κ2) is 6.82. The molecule has 1 amide bonds. The van der Waals surface area contributed by atoms with Crippen molar-refractivity contribution in [1.82, 2.24) is 10.3 Å². The third-order valence-electron chi connectivity index (χ3n) is 1.81. The van der Waals surface area contributed by atoms with Crippen LogP contribution in [0.1, 0.15) is 19.8 Å². The molecule has 0 rings (SSSR count). The zero-order chi connectivity index (χ0) is 10.3. The van der Waals surface area contributed by atoms with Crippen LogP contribution in [-0.2, 0) is 4.79 Å². The van der Waals surface area contributed by atoms with Gasteiger partial charge in [0, 0.05) is 19.5 Å². The smallest absolute Gasteiger partial charge is 0.235 e. The quantitative estimate of drug-likeness (QED) is 0.286. The molecule has 0 aliphatic carbocycles. The Morgan fingerprint density at radius 3 is 2.69 bits per heavy atom. The van der Waals surface area contributed by atoms with Crippen LogP contribution in [-0.4, -0.2) is 42.2 Å². The second-order valence-electron chi connectivity index (χ2n) is 3.26. The number of hydrogen-bond donors (Lipinski definition) is 3. The Balaban J connectivity index is 3.40. The second-order valence-corrected chi connectivity index (χ2v) is 3.26. The molecular weight excluding hydrogens is 170 g/mol. The van der Waals surface area contributed by atoms with Crippen LogP contribution in [0.15, 0.2) is 0 Å². The Labute approximate surface area is 78.9 Å². The van der Waals surface area contributed by atoms with Crippen LogP contribution in [0.3, 0.4) is 0 Å². The molecule has 0 aromatic carbocycles. The van der Waals surface area contributed by atoms with E-state index in [4.69, 9.17) is 10.9 Å². The van der Waals surface area contributed by atoms with E-state index in [1.807, 2.05) is 11.9 Å². The van der Waals surface area contributed by atoms with Crippen LogP contribution >= 0.6 is 0 Å². The number of aliphatic hydroxyl groups is 1. The van der Waals surface area contributed by atoms with Gasteiger partial charge in [-0.2, -0.15) is 0 Å². The Kier molecular flexibility index (Phi) is 6.48. The van der Waals surface area contributed by atoms with Gasteiger partial charge < -0.3 is 10.0 Å². The van der Waals surface area contributed by atoms with E-state index < -0.39 is 0 Å². The molecule has 0 heterocycles. The SMILES string of the molecule is CC(O)CCN(C)CCC(=O)NN. The topological polar surface area (TPSA) is 78.6 Å². The van der Waals surface area contributed by atoms with Crippen molar-refractivity contribution in [2.45, 2.75) is 25.9 Å². The molecule has 5 heteroatoms. The normalized spacial score (nSPS) is 13.0. The van der Waals surface area contributed by atoms with E-state index in [2.05, 4.69) is 5.43 Å². The number of amides is 1. The predicted octanol–water partition coefficient (Wildman–Crippen LogP) is -0.931. The van der Waals surface area contributed by atoms with Gasteiger partial charge in [-0.1, -0.05) is 0 Å². The molecule has 0 saturated carbocycles. The maximum absolute atomic E-state index is 10.7. The van der Waals surface area contributed by atoms with Gasteiger partial charge in [-0.25, -0.2) is 5.84 Å². The van der Waals surface area contributed by atoms with E-state index in [1.54, 1.807) is 6.92 Å². The highest BCUT2D eigenvalue weighted by atomic mass is 16.3. The molecule has 0 aliphatic rings. The van der Waals surface area contributed by atoms with Gasteiger partial charge >= 0.3 is 0 Å². The van der Waals surface area contributed by atoms with Crippen molar-refractivity contribution in [3.05, 3.63) is 0 Å². The minimum Gasteiger partial charge on any atom is -0.393 e. The largest absolute Gasteiger partial charge is 0.393 e. The standard InChI is InChI=1S/C8H19N3O2/c1-7(12)3-5-11(2)6-4-8(13)10-9/h7,12H,3-6,9H2,1-2H3,(H,10,13). The molecule has 0 bridgehead atoms. The number of nitrogens with two attached hydrogens (primary N) is 1. The molecule has 0 fully saturated rings. The molecule has 0 aromatic heterocycles. The summed E-state index contributed by atoms with van der Waals surface area (Å²) >= 11 is 0. The van der Waals surface area contributed by atoms with Gasteiger partial charge in [0.2, 0.25) is 5.91 Å². The van der Waals surface area contributed by atoms with E-state index in [1.165, 1.54) is 0 Å². The lowest BCUT2D eigenvalue weighted by atomic mass is 10.2. The van der Waals surface area contributed by atoms with Gasteiger partial charge in [-0.05, 0) is 20.4 Å². The summed E-state index contributed by atoms with van der Waals surface area (Å²) in [6.45, 7) is 3.20. The van der Waals surface area contributed by atoms with Crippen LogP contribution < -0.4 is 11.3 Å². The zero-order valence-corrected chi connectivity index (χ0v) is 8.29.